The first-order valence-electron chi connectivity index (χ1n) is 9.84. The van der Waals surface area contributed by atoms with Crippen molar-refractivity contribution in [2.24, 2.45) is 0 Å². The highest BCUT2D eigenvalue weighted by molar-refractivity contribution is 6.43. The van der Waals surface area contributed by atoms with Crippen LogP contribution in [0.1, 0.15) is 12.5 Å². The summed E-state index contributed by atoms with van der Waals surface area (Å²) in [4.78, 5) is 23.2. The van der Waals surface area contributed by atoms with Crippen LogP contribution >= 0.6 is 34.8 Å². The van der Waals surface area contributed by atoms with Crippen LogP contribution in [0.2, 0.25) is 15.1 Å². The lowest BCUT2D eigenvalue weighted by Gasteiger charge is -2.23. The third-order valence-electron chi connectivity index (χ3n) is 4.47. The molecule has 0 radical (unpaired) electrons. The maximum absolute atomic E-state index is 13.5. The highest BCUT2D eigenvalue weighted by Crippen LogP contribution is 2.29. The monoisotopic (exact) mass is 511 g/mol. The molecule has 2 N–H and O–H groups in total. The Labute approximate surface area is 205 Å². The fourth-order valence-electron chi connectivity index (χ4n) is 2.95. The average Bonchev–Trinajstić information content (AvgIpc) is 2.77. The summed E-state index contributed by atoms with van der Waals surface area (Å²) in [5.41, 5.74) is 0.987. The van der Waals surface area contributed by atoms with Crippen molar-refractivity contribution in [3.63, 3.8) is 0 Å². The molecule has 1 aromatic heterocycles. The molecule has 1 heterocycles. The Balaban J connectivity index is 1.88. The number of urea groups is 1. The van der Waals surface area contributed by atoms with Gasteiger partial charge >= 0.3 is 6.03 Å². The number of ether oxygens (including phenoxy) is 1. The van der Waals surface area contributed by atoms with E-state index < -0.39 is 11.8 Å². The summed E-state index contributed by atoms with van der Waals surface area (Å²) in [6, 6.07) is 9.55. The van der Waals surface area contributed by atoms with Gasteiger partial charge in [0.25, 0.3) is 0 Å². The summed E-state index contributed by atoms with van der Waals surface area (Å²) >= 11 is 18.3. The Morgan fingerprint density at radius 1 is 1.12 bits per heavy atom. The summed E-state index contributed by atoms with van der Waals surface area (Å²) < 4.78 is 18.6. The van der Waals surface area contributed by atoms with Crippen LogP contribution < -0.4 is 15.5 Å². The van der Waals surface area contributed by atoms with E-state index in [4.69, 9.17) is 39.5 Å². The molecular weight excluding hydrogens is 492 g/mol. The maximum atomic E-state index is 13.5. The number of halogens is 4. The molecule has 0 spiro atoms. The number of hydrogen-bond donors (Lipinski definition) is 2. The minimum absolute atomic E-state index is 0.0601. The molecule has 11 heteroatoms. The van der Waals surface area contributed by atoms with Crippen LogP contribution in [0.15, 0.2) is 48.7 Å². The maximum Gasteiger partial charge on any atom is 0.327 e. The fourth-order valence-corrected chi connectivity index (χ4v) is 3.58. The molecule has 2 amide bonds. The first-order chi connectivity index (χ1) is 15.8. The van der Waals surface area contributed by atoms with Crippen molar-refractivity contribution in [2.45, 2.75) is 19.5 Å². The van der Waals surface area contributed by atoms with Gasteiger partial charge in [-0.3, -0.25) is 0 Å². The predicted octanol–water partition coefficient (Wildman–Crippen LogP) is 6.07. The van der Waals surface area contributed by atoms with E-state index in [1.54, 1.807) is 19.2 Å². The number of anilines is 3. The van der Waals surface area contributed by atoms with Gasteiger partial charge in [-0.1, -0.05) is 34.8 Å². The Bertz CT molecular complexity index is 1120. The zero-order valence-corrected chi connectivity index (χ0v) is 20.0. The molecule has 0 saturated carbocycles. The van der Waals surface area contributed by atoms with Crippen molar-refractivity contribution in [1.29, 1.82) is 0 Å². The van der Waals surface area contributed by atoms with Crippen molar-refractivity contribution in [2.75, 3.05) is 23.9 Å². The molecule has 174 valence electrons. The van der Waals surface area contributed by atoms with E-state index in [2.05, 4.69) is 20.6 Å². The Kier molecular flexibility index (Phi) is 8.68. The molecule has 0 aliphatic heterocycles. The summed E-state index contributed by atoms with van der Waals surface area (Å²) in [6.07, 6.45) is 1.52. The molecule has 0 saturated heterocycles. The van der Waals surface area contributed by atoms with Crippen LogP contribution in [0.5, 0.6) is 0 Å². The second-order valence-electron chi connectivity index (χ2n) is 7.07. The van der Waals surface area contributed by atoms with Gasteiger partial charge in [0.05, 0.1) is 22.3 Å². The number of carbonyl (C=O) groups excluding carboxylic acids is 1. The van der Waals surface area contributed by atoms with Crippen molar-refractivity contribution in [3.05, 3.63) is 75.1 Å². The van der Waals surface area contributed by atoms with Crippen molar-refractivity contribution < 1.29 is 13.9 Å². The minimum Gasteiger partial charge on any atom is -0.383 e. The molecule has 2 aromatic carbocycles. The third-order valence-corrected chi connectivity index (χ3v) is 5.54. The molecule has 33 heavy (non-hydrogen) atoms. The largest absolute Gasteiger partial charge is 0.383 e. The number of methoxy groups -OCH3 is 1. The number of hydrogen-bond acceptors (Lipinski definition) is 5. The summed E-state index contributed by atoms with van der Waals surface area (Å²) in [6.45, 7) is 2.43. The predicted molar refractivity (Wildman–Crippen MR) is 129 cm³/mol. The van der Waals surface area contributed by atoms with E-state index in [0.29, 0.717) is 38.9 Å². The topological polar surface area (TPSA) is 79.4 Å². The molecular formula is C22H21Cl3FN5O2. The lowest BCUT2D eigenvalue weighted by molar-refractivity contribution is 0.190. The number of nitrogens with one attached hydrogen (secondary N) is 2. The smallest absolute Gasteiger partial charge is 0.327 e. The third kappa shape index (κ3) is 6.68. The van der Waals surface area contributed by atoms with Gasteiger partial charge in [0.1, 0.15) is 11.6 Å². The van der Waals surface area contributed by atoms with E-state index >= 15 is 0 Å². The molecule has 0 unspecified atom stereocenters. The molecule has 3 aromatic rings. The van der Waals surface area contributed by atoms with Crippen LogP contribution in [-0.2, 0) is 11.3 Å². The summed E-state index contributed by atoms with van der Waals surface area (Å²) in [5.74, 6) is 0.158. The molecule has 0 aliphatic rings. The molecule has 1 atom stereocenters. The average molecular weight is 513 g/mol. The normalized spacial score (nSPS) is 11.7. The number of carbonyl (C=O) groups is 1. The minimum atomic E-state index is -0.515. The Morgan fingerprint density at radius 2 is 1.82 bits per heavy atom. The standard InChI is InChI=1S/C22H21Cl3FN5O2/c1-13(12-33-2)29-21-27-8-7-20(30-21)31(16-5-3-15(26)4-6-16)22(32)28-11-14-9-18(24)19(25)10-17(14)23/h3-10,13H,11-12H2,1-2H3,(H,28,32)(H,27,29,30)/t13-/m0/s1. The van der Waals surface area contributed by atoms with Gasteiger partial charge in [0.15, 0.2) is 0 Å². The van der Waals surface area contributed by atoms with E-state index in [-0.39, 0.29) is 18.4 Å². The van der Waals surface area contributed by atoms with Crippen LogP contribution in [-0.4, -0.2) is 35.8 Å². The highest BCUT2D eigenvalue weighted by Gasteiger charge is 2.21. The van der Waals surface area contributed by atoms with Crippen LogP contribution in [0, 0.1) is 5.82 Å². The van der Waals surface area contributed by atoms with E-state index in [0.717, 1.165) is 0 Å². The van der Waals surface area contributed by atoms with Crippen LogP contribution in [0.4, 0.5) is 26.6 Å². The van der Waals surface area contributed by atoms with Gasteiger partial charge < -0.3 is 15.4 Å². The molecule has 0 aliphatic carbocycles. The van der Waals surface area contributed by atoms with Crippen LogP contribution in [0.25, 0.3) is 0 Å². The number of rotatable bonds is 8. The SMILES string of the molecule is COC[C@H](C)Nc1nccc(N(C(=O)NCc2cc(Cl)c(Cl)cc2Cl)c2ccc(F)cc2)n1. The second-order valence-corrected chi connectivity index (χ2v) is 8.29. The fraction of sp³-hybridized carbons (Fsp3) is 0.227. The number of aromatic nitrogens is 2. The van der Waals surface area contributed by atoms with Gasteiger partial charge in [0.2, 0.25) is 5.95 Å². The molecule has 3 rings (SSSR count). The highest BCUT2D eigenvalue weighted by atomic mass is 35.5. The quantitative estimate of drug-likeness (QED) is 0.358. The lowest BCUT2D eigenvalue weighted by atomic mass is 10.2. The zero-order valence-electron chi connectivity index (χ0n) is 17.8. The van der Waals surface area contributed by atoms with Gasteiger partial charge in [0, 0.05) is 37.0 Å². The van der Waals surface area contributed by atoms with Crippen molar-refractivity contribution in [3.8, 4) is 0 Å². The number of benzene rings is 2. The Hall–Kier alpha value is -2.65. The first-order valence-corrected chi connectivity index (χ1v) is 11.0. The van der Waals surface area contributed by atoms with Crippen molar-refractivity contribution >= 4 is 58.3 Å². The second kappa shape index (κ2) is 11.5. The molecule has 7 nitrogen and oxygen atoms in total. The Morgan fingerprint density at radius 3 is 2.52 bits per heavy atom. The molecule has 0 fully saturated rings. The van der Waals surface area contributed by atoms with E-state index in [1.165, 1.54) is 41.4 Å². The van der Waals surface area contributed by atoms with Gasteiger partial charge in [-0.05, 0) is 48.9 Å². The summed E-state index contributed by atoms with van der Waals surface area (Å²) in [5, 5.41) is 6.88. The van der Waals surface area contributed by atoms with Gasteiger partial charge in [-0.25, -0.2) is 19.1 Å². The number of nitrogens with zero attached hydrogens (tertiary/aromatic N) is 3. The van der Waals surface area contributed by atoms with Crippen LogP contribution in [0.3, 0.4) is 0 Å². The van der Waals surface area contributed by atoms with Gasteiger partial charge in [-0.2, -0.15) is 4.98 Å². The molecule has 0 bridgehead atoms. The van der Waals surface area contributed by atoms with Crippen molar-refractivity contribution in [1.82, 2.24) is 15.3 Å². The zero-order chi connectivity index (χ0) is 24.0. The lowest BCUT2D eigenvalue weighted by Crippen LogP contribution is -2.37. The number of amides is 2. The van der Waals surface area contributed by atoms with E-state index in [9.17, 15) is 9.18 Å². The first kappa shape index (κ1) is 25.0. The summed E-state index contributed by atoms with van der Waals surface area (Å²) in [7, 11) is 1.59. The van der Waals surface area contributed by atoms with E-state index in [1.807, 2.05) is 6.92 Å². The van der Waals surface area contributed by atoms with Gasteiger partial charge in [-0.15, -0.1) is 0 Å².